The maximum Gasteiger partial charge on any atom is 0.380 e. The van der Waals surface area contributed by atoms with E-state index in [1.165, 1.54) is 16.8 Å². The van der Waals surface area contributed by atoms with Crippen LogP contribution < -0.4 is 11.2 Å². The van der Waals surface area contributed by atoms with Crippen LogP contribution in [0.25, 0.3) is 0 Å². The van der Waals surface area contributed by atoms with Crippen LogP contribution in [0.1, 0.15) is 33.9 Å². The van der Waals surface area contributed by atoms with Crippen LogP contribution in [0.15, 0.2) is 21.9 Å². The molecule has 1 spiro atoms. The van der Waals surface area contributed by atoms with Crippen molar-refractivity contribution in [2.45, 2.75) is 68.4 Å². The highest BCUT2D eigenvalue weighted by atomic mass is 35.5. The number of hydrogen-bond acceptors (Lipinski definition) is 7. The predicted molar refractivity (Wildman–Crippen MR) is 96.5 cm³/mol. The van der Waals surface area contributed by atoms with Crippen LogP contribution in [-0.2, 0) is 23.4 Å². The van der Waals surface area contributed by atoms with Crippen LogP contribution in [0.5, 0.6) is 0 Å². The van der Waals surface area contributed by atoms with Crippen molar-refractivity contribution in [2.75, 3.05) is 6.61 Å². The minimum Gasteiger partial charge on any atom is -0.383 e. The smallest absolute Gasteiger partial charge is 0.380 e. The second kappa shape index (κ2) is 6.51. The summed E-state index contributed by atoms with van der Waals surface area (Å²) >= 11 is 6.37. The van der Waals surface area contributed by atoms with E-state index in [4.69, 9.17) is 35.0 Å². The molecule has 150 valence electrons. The van der Waals surface area contributed by atoms with Crippen molar-refractivity contribution >= 4 is 20.2 Å². The molecule has 2 unspecified atom stereocenters. The number of ether oxygens (including phenoxy) is 2. The number of hydrogen-bond donors (Lipinski definition) is 1. The molecule has 0 amide bonds. The minimum atomic E-state index is -2.79. The van der Waals surface area contributed by atoms with E-state index in [9.17, 15) is 9.59 Å². The Morgan fingerprint density at radius 3 is 2.52 bits per heavy atom. The molecule has 0 bridgehead atoms. The number of halogens is 1. The molecule has 11 heteroatoms. The first-order valence-electron chi connectivity index (χ1n) is 8.99. The molecule has 1 N–H and O–H groups in total. The molecule has 0 aromatic carbocycles. The van der Waals surface area contributed by atoms with Gasteiger partial charge in [-0.15, -0.1) is 0 Å². The third-order valence-electron chi connectivity index (χ3n) is 5.52. The number of epoxide rings is 1. The lowest BCUT2D eigenvalue weighted by Gasteiger charge is -2.37. The first-order valence-corrected chi connectivity index (χ1v) is 11.4. The number of rotatable bonds is 3. The van der Waals surface area contributed by atoms with E-state index < -0.39 is 49.4 Å². The monoisotopic (exact) mass is 418 g/mol. The number of nitrogens with one attached hydrogen (secondary N) is 1. The van der Waals surface area contributed by atoms with Gasteiger partial charge in [0.25, 0.3) is 5.56 Å². The van der Waals surface area contributed by atoms with Crippen LogP contribution in [0.3, 0.4) is 0 Å². The van der Waals surface area contributed by atoms with Gasteiger partial charge in [-0.3, -0.25) is 18.9 Å². The lowest BCUT2D eigenvalue weighted by molar-refractivity contribution is -0.241. The number of nitrogens with zero attached hydrogens (tertiary/aromatic N) is 1. The molecule has 0 radical (unpaired) electrons. The van der Waals surface area contributed by atoms with Crippen molar-refractivity contribution in [3.63, 3.8) is 0 Å². The summed E-state index contributed by atoms with van der Waals surface area (Å²) in [6, 6.07) is 1.25. The molecule has 4 rings (SSSR count). The molecule has 4 heterocycles. The van der Waals surface area contributed by atoms with E-state index in [1.54, 1.807) is 0 Å². The third-order valence-corrected chi connectivity index (χ3v) is 10.2. The van der Waals surface area contributed by atoms with Gasteiger partial charge >= 0.3 is 14.3 Å². The van der Waals surface area contributed by atoms with Gasteiger partial charge in [0, 0.05) is 12.3 Å². The summed E-state index contributed by atoms with van der Waals surface area (Å²) in [7, 11) is -2.79. The second-order valence-electron chi connectivity index (χ2n) is 7.77. The molecule has 3 aliphatic rings. The van der Waals surface area contributed by atoms with Gasteiger partial charge in [0.15, 0.2) is 17.4 Å². The number of alkyl halides is 1. The predicted octanol–water partition coefficient (Wildman–Crippen LogP) is 1.38. The van der Waals surface area contributed by atoms with E-state index in [2.05, 4.69) is 4.98 Å². The minimum absolute atomic E-state index is 0.107. The van der Waals surface area contributed by atoms with Crippen molar-refractivity contribution in [1.82, 2.24) is 9.55 Å². The lowest BCUT2D eigenvalue weighted by Crippen LogP contribution is -2.53. The highest BCUT2D eigenvalue weighted by Crippen LogP contribution is 2.59. The van der Waals surface area contributed by atoms with E-state index >= 15 is 0 Å². The molecule has 5 atom stereocenters. The summed E-state index contributed by atoms with van der Waals surface area (Å²) < 4.78 is 25.5. The molecule has 0 saturated carbocycles. The highest BCUT2D eigenvalue weighted by molar-refractivity contribution is 6.70. The summed E-state index contributed by atoms with van der Waals surface area (Å²) in [5.74, 6) is 0. The largest absolute Gasteiger partial charge is 0.383 e. The Kier molecular flexibility index (Phi) is 4.66. The van der Waals surface area contributed by atoms with Crippen molar-refractivity contribution in [3.8, 4) is 0 Å². The Morgan fingerprint density at radius 2 is 1.96 bits per heavy atom. The Balaban J connectivity index is 1.75. The first-order chi connectivity index (χ1) is 12.7. The lowest BCUT2D eigenvalue weighted by atomic mass is 10.0. The number of H-pyrrole nitrogens is 1. The SMILES string of the molecule is CC(C)[Si]1(C(C)C)OOC[C@H]2O[C@@H](n3ccc(=O)[nH]c3=O)[C@@]3(OC3Cl)C2O1. The fourth-order valence-electron chi connectivity index (χ4n) is 4.02. The highest BCUT2D eigenvalue weighted by Gasteiger charge is 2.76. The average Bonchev–Trinajstić information content (AvgIpc) is 3.22. The summed E-state index contributed by atoms with van der Waals surface area (Å²) in [6.45, 7) is 8.27. The molecule has 1 aromatic heterocycles. The third kappa shape index (κ3) is 2.77. The first kappa shape index (κ1) is 19.3. The van der Waals surface area contributed by atoms with E-state index in [0.29, 0.717) is 0 Å². The van der Waals surface area contributed by atoms with Gasteiger partial charge in [-0.25, -0.2) is 9.68 Å². The fraction of sp³-hybridized carbons (Fsp3) is 0.750. The summed E-state index contributed by atoms with van der Waals surface area (Å²) in [5, 5.41) is 0. The zero-order valence-corrected chi connectivity index (χ0v) is 17.3. The van der Waals surface area contributed by atoms with Crippen LogP contribution in [0, 0.1) is 0 Å². The topological polar surface area (TPSA) is 104 Å². The Bertz CT molecular complexity index is 835. The molecular weight excluding hydrogens is 396 g/mol. The van der Waals surface area contributed by atoms with E-state index in [0.717, 1.165) is 0 Å². The molecule has 3 aliphatic heterocycles. The van der Waals surface area contributed by atoms with Gasteiger partial charge in [0.1, 0.15) is 18.8 Å². The second-order valence-corrected chi connectivity index (χ2v) is 12.3. The number of aromatic amines is 1. The van der Waals surface area contributed by atoms with Gasteiger partial charge in [0.05, 0.1) is 0 Å². The molecule has 3 saturated heterocycles. The zero-order chi connectivity index (χ0) is 19.6. The van der Waals surface area contributed by atoms with Crippen LogP contribution in [0.2, 0.25) is 11.1 Å². The Morgan fingerprint density at radius 1 is 1.30 bits per heavy atom. The van der Waals surface area contributed by atoms with Crippen LogP contribution in [0.4, 0.5) is 0 Å². The van der Waals surface area contributed by atoms with Gasteiger partial charge < -0.3 is 13.9 Å². The molecular formula is C16H23ClN2O7Si. The van der Waals surface area contributed by atoms with E-state index in [1.807, 2.05) is 27.7 Å². The van der Waals surface area contributed by atoms with Crippen molar-refractivity contribution in [3.05, 3.63) is 33.1 Å². The van der Waals surface area contributed by atoms with Crippen LogP contribution >= 0.6 is 11.6 Å². The van der Waals surface area contributed by atoms with E-state index in [-0.39, 0.29) is 17.7 Å². The summed E-state index contributed by atoms with van der Waals surface area (Å²) in [5.41, 5.74) is -2.62. The molecule has 0 aliphatic carbocycles. The molecule has 27 heavy (non-hydrogen) atoms. The van der Waals surface area contributed by atoms with Crippen molar-refractivity contribution in [1.29, 1.82) is 0 Å². The average molecular weight is 419 g/mol. The van der Waals surface area contributed by atoms with Gasteiger partial charge in [-0.1, -0.05) is 39.3 Å². The molecule has 9 nitrogen and oxygen atoms in total. The molecule has 3 fully saturated rings. The van der Waals surface area contributed by atoms with Gasteiger partial charge in [-0.2, -0.15) is 0 Å². The van der Waals surface area contributed by atoms with Crippen molar-refractivity contribution in [2.24, 2.45) is 0 Å². The number of aromatic nitrogens is 2. The fourth-order valence-corrected chi connectivity index (χ4v) is 7.69. The zero-order valence-electron chi connectivity index (χ0n) is 15.5. The quantitative estimate of drug-likeness (QED) is 0.342. The Labute approximate surface area is 161 Å². The standard InChI is InChI=1S/C16H23ClN2O7Si/c1-8(2)27(9(3)4)25-12-10(7-22-26-27)23-14(16(12)13(17)24-16)19-6-5-11(20)18-15(19)21/h5-6,8-10,12-14H,7H2,1-4H3,(H,18,20,21)/t10-,12?,13?,14-,16-/m1/s1. The normalized spacial score (nSPS) is 37.6. The molecule has 1 aromatic rings. The maximum atomic E-state index is 12.3. The van der Waals surface area contributed by atoms with Gasteiger partial charge in [0.2, 0.25) is 0 Å². The number of fused-ring (bicyclic) bond motifs is 2. The summed E-state index contributed by atoms with van der Waals surface area (Å²) in [6.07, 6.45) is -0.545. The summed E-state index contributed by atoms with van der Waals surface area (Å²) in [4.78, 5) is 31.4. The van der Waals surface area contributed by atoms with Gasteiger partial charge in [-0.05, 0) is 11.1 Å². The van der Waals surface area contributed by atoms with Crippen LogP contribution in [-0.4, -0.2) is 48.1 Å². The Hall–Kier alpha value is -1.01. The van der Waals surface area contributed by atoms with Crippen molar-refractivity contribution < 1.29 is 23.4 Å². The maximum absolute atomic E-state index is 12.3.